The maximum atomic E-state index is 13.1. The normalized spacial score (nSPS) is 11.4. The van der Waals surface area contributed by atoms with Gasteiger partial charge in [-0.15, -0.1) is 0 Å². The van der Waals surface area contributed by atoms with Gasteiger partial charge in [0.1, 0.15) is 6.54 Å². The van der Waals surface area contributed by atoms with Gasteiger partial charge in [0.25, 0.3) is 5.56 Å². The van der Waals surface area contributed by atoms with Crippen molar-refractivity contribution in [2.45, 2.75) is 33.9 Å². The zero-order valence-corrected chi connectivity index (χ0v) is 16.6. The smallest absolute Gasteiger partial charge is 0.331 e. The number of benzene rings is 2. The van der Waals surface area contributed by atoms with Crippen LogP contribution in [-0.4, -0.2) is 19.3 Å². The highest BCUT2D eigenvalue weighted by Gasteiger charge is 2.17. The number of aryl methyl sites for hydroxylation is 1. The minimum Gasteiger partial charge on any atom is -0.337 e. The van der Waals surface area contributed by atoms with Crippen molar-refractivity contribution in [1.82, 2.24) is 19.3 Å². The first-order valence-corrected chi connectivity index (χ1v) is 9.56. The number of aromatic nitrogens is 4. The highest BCUT2D eigenvalue weighted by molar-refractivity contribution is 5.77. The lowest BCUT2D eigenvalue weighted by molar-refractivity contribution is 0.368. The van der Waals surface area contributed by atoms with Crippen LogP contribution >= 0.6 is 0 Å². The standard InChI is InChI=1S/C22H22N4O3/c1-14(2)12-26-21(27)17-10-6-7-11-18(17)25(22(26)28)13-19-23-20(24-29-19)16-9-5-4-8-15(16)3/h4-11,14H,12-13H2,1-3H3. The van der Waals surface area contributed by atoms with Gasteiger partial charge in [0, 0.05) is 12.1 Å². The molecule has 7 nitrogen and oxygen atoms in total. The van der Waals surface area contributed by atoms with Crippen LogP contribution in [-0.2, 0) is 13.1 Å². The maximum absolute atomic E-state index is 13.1. The fraction of sp³-hybridized carbons (Fsp3) is 0.273. The molecule has 7 heteroatoms. The SMILES string of the molecule is Cc1ccccc1-c1noc(Cn2c(=O)n(CC(C)C)c(=O)c3ccccc32)n1. The Kier molecular flexibility index (Phi) is 4.88. The summed E-state index contributed by atoms with van der Waals surface area (Å²) in [5.41, 5.74) is 1.82. The Balaban J connectivity index is 1.82. The summed E-state index contributed by atoms with van der Waals surface area (Å²) in [5.74, 6) is 0.947. The first-order chi connectivity index (χ1) is 14.0. The largest absolute Gasteiger partial charge is 0.337 e. The third kappa shape index (κ3) is 3.51. The van der Waals surface area contributed by atoms with Gasteiger partial charge in [-0.1, -0.05) is 55.4 Å². The summed E-state index contributed by atoms with van der Waals surface area (Å²) in [6.45, 7) is 6.36. The van der Waals surface area contributed by atoms with Crippen molar-refractivity contribution in [2.24, 2.45) is 5.92 Å². The molecule has 4 aromatic rings. The molecule has 0 radical (unpaired) electrons. The highest BCUT2D eigenvalue weighted by Crippen LogP contribution is 2.20. The zero-order chi connectivity index (χ0) is 20.5. The molecule has 148 valence electrons. The van der Waals surface area contributed by atoms with Gasteiger partial charge in [0.15, 0.2) is 0 Å². The van der Waals surface area contributed by atoms with Gasteiger partial charge in [0.2, 0.25) is 11.7 Å². The molecule has 0 N–H and O–H groups in total. The molecule has 2 aromatic heterocycles. The molecule has 0 unspecified atom stereocenters. The van der Waals surface area contributed by atoms with E-state index in [1.165, 1.54) is 9.13 Å². The molecule has 2 aromatic carbocycles. The molecule has 0 aliphatic heterocycles. The Hall–Kier alpha value is -3.48. The van der Waals surface area contributed by atoms with Crippen LogP contribution in [0.1, 0.15) is 25.3 Å². The Labute approximate surface area is 167 Å². The quantitative estimate of drug-likeness (QED) is 0.522. The van der Waals surface area contributed by atoms with E-state index in [2.05, 4.69) is 10.1 Å². The second kappa shape index (κ2) is 7.50. The molecule has 0 aliphatic carbocycles. The Morgan fingerprint density at radius 2 is 1.72 bits per heavy atom. The minimum atomic E-state index is -0.377. The van der Waals surface area contributed by atoms with E-state index in [1.807, 2.05) is 45.0 Å². The van der Waals surface area contributed by atoms with E-state index < -0.39 is 0 Å². The fourth-order valence-electron chi connectivity index (χ4n) is 3.44. The average molecular weight is 390 g/mol. The molecule has 0 amide bonds. The van der Waals surface area contributed by atoms with E-state index in [9.17, 15) is 9.59 Å². The monoisotopic (exact) mass is 390 g/mol. The van der Waals surface area contributed by atoms with Crippen molar-refractivity contribution >= 4 is 10.9 Å². The van der Waals surface area contributed by atoms with Crippen molar-refractivity contribution in [3.8, 4) is 11.4 Å². The summed E-state index contributed by atoms with van der Waals surface area (Å²) in [6.07, 6.45) is 0. The Morgan fingerprint density at radius 1 is 1.00 bits per heavy atom. The number of rotatable bonds is 5. The molecule has 2 heterocycles. The summed E-state index contributed by atoms with van der Waals surface area (Å²) >= 11 is 0. The minimum absolute atomic E-state index is 0.0939. The molecule has 0 bridgehead atoms. The van der Waals surface area contributed by atoms with Crippen molar-refractivity contribution in [2.75, 3.05) is 0 Å². The third-order valence-electron chi connectivity index (χ3n) is 4.83. The molecule has 0 spiro atoms. The first kappa shape index (κ1) is 18.9. The average Bonchev–Trinajstić information content (AvgIpc) is 3.17. The molecule has 0 fully saturated rings. The van der Waals surface area contributed by atoms with Gasteiger partial charge < -0.3 is 4.52 Å². The van der Waals surface area contributed by atoms with Crippen LogP contribution in [0, 0.1) is 12.8 Å². The first-order valence-electron chi connectivity index (χ1n) is 9.56. The molecule has 0 saturated carbocycles. The van der Waals surface area contributed by atoms with Crippen LogP contribution in [0.3, 0.4) is 0 Å². The van der Waals surface area contributed by atoms with E-state index in [-0.39, 0.29) is 23.7 Å². The van der Waals surface area contributed by atoms with Gasteiger partial charge in [-0.25, -0.2) is 4.79 Å². The number of hydrogen-bond donors (Lipinski definition) is 0. The van der Waals surface area contributed by atoms with E-state index in [0.29, 0.717) is 29.2 Å². The molecular weight excluding hydrogens is 368 g/mol. The number of nitrogens with zero attached hydrogens (tertiary/aromatic N) is 4. The second-order valence-corrected chi connectivity index (χ2v) is 7.52. The molecule has 0 saturated heterocycles. The summed E-state index contributed by atoms with van der Waals surface area (Å²) < 4.78 is 8.23. The van der Waals surface area contributed by atoms with Crippen LogP contribution in [0.4, 0.5) is 0 Å². The summed E-state index contributed by atoms with van der Waals surface area (Å²) in [7, 11) is 0. The molecule has 29 heavy (non-hydrogen) atoms. The second-order valence-electron chi connectivity index (χ2n) is 7.52. The lowest BCUT2D eigenvalue weighted by atomic mass is 10.1. The molecule has 0 aliphatic rings. The fourth-order valence-corrected chi connectivity index (χ4v) is 3.44. The third-order valence-corrected chi connectivity index (χ3v) is 4.83. The van der Waals surface area contributed by atoms with Crippen molar-refractivity contribution in [1.29, 1.82) is 0 Å². The lowest BCUT2D eigenvalue weighted by Gasteiger charge is -2.14. The molecule has 4 rings (SSSR count). The number of hydrogen-bond acceptors (Lipinski definition) is 5. The van der Waals surface area contributed by atoms with Crippen LogP contribution in [0.5, 0.6) is 0 Å². The van der Waals surface area contributed by atoms with E-state index in [1.54, 1.807) is 24.3 Å². The molecule has 0 atom stereocenters. The summed E-state index contributed by atoms with van der Waals surface area (Å²) in [4.78, 5) is 30.4. The van der Waals surface area contributed by atoms with E-state index in [0.717, 1.165) is 11.1 Å². The summed E-state index contributed by atoms with van der Waals surface area (Å²) in [6, 6.07) is 14.9. The van der Waals surface area contributed by atoms with Crippen LogP contribution in [0.25, 0.3) is 22.3 Å². The van der Waals surface area contributed by atoms with E-state index >= 15 is 0 Å². The van der Waals surface area contributed by atoms with E-state index in [4.69, 9.17) is 4.52 Å². The Morgan fingerprint density at radius 3 is 2.48 bits per heavy atom. The lowest BCUT2D eigenvalue weighted by Crippen LogP contribution is -2.41. The van der Waals surface area contributed by atoms with Crippen LogP contribution in [0.2, 0.25) is 0 Å². The highest BCUT2D eigenvalue weighted by atomic mass is 16.5. The van der Waals surface area contributed by atoms with Gasteiger partial charge in [-0.2, -0.15) is 4.98 Å². The van der Waals surface area contributed by atoms with Crippen molar-refractivity contribution in [3.63, 3.8) is 0 Å². The van der Waals surface area contributed by atoms with Crippen LogP contribution < -0.4 is 11.2 Å². The van der Waals surface area contributed by atoms with Crippen molar-refractivity contribution in [3.05, 3.63) is 80.8 Å². The maximum Gasteiger partial charge on any atom is 0.331 e. The van der Waals surface area contributed by atoms with Crippen molar-refractivity contribution < 1.29 is 4.52 Å². The van der Waals surface area contributed by atoms with Crippen LogP contribution in [0.15, 0.2) is 62.6 Å². The van der Waals surface area contributed by atoms with Gasteiger partial charge >= 0.3 is 5.69 Å². The number of para-hydroxylation sites is 1. The topological polar surface area (TPSA) is 82.9 Å². The predicted octanol–water partition coefficient (Wildman–Crippen LogP) is 3.23. The van der Waals surface area contributed by atoms with Gasteiger partial charge in [-0.05, 0) is 30.5 Å². The van der Waals surface area contributed by atoms with Gasteiger partial charge in [0.05, 0.1) is 10.9 Å². The molecular formula is C22H22N4O3. The Bertz CT molecular complexity index is 1300. The number of fused-ring (bicyclic) bond motifs is 1. The summed E-state index contributed by atoms with van der Waals surface area (Å²) in [5, 5.41) is 4.56. The van der Waals surface area contributed by atoms with Gasteiger partial charge in [-0.3, -0.25) is 13.9 Å². The predicted molar refractivity (Wildman–Crippen MR) is 111 cm³/mol. The zero-order valence-electron chi connectivity index (χ0n) is 16.6.